The summed E-state index contributed by atoms with van der Waals surface area (Å²) in [7, 11) is 0. The minimum absolute atomic E-state index is 0.0381. The third kappa shape index (κ3) is 6.74. The van der Waals surface area contributed by atoms with Gasteiger partial charge in [0.15, 0.2) is 5.78 Å². The quantitative estimate of drug-likeness (QED) is 0.674. The van der Waals surface area contributed by atoms with Crippen LogP contribution in [0.2, 0.25) is 0 Å². The summed E-state index contributed by atoms with van der Waals surface area (Å²) in [6.07, 6.45) is 1.80. The zero-order chi connectivity index (χ0) is 15.7. The fraction of sp³-hybridized carbons (Fsp3) is 0.588. The number of unbranched alkanes of at least 4 members (excludes halogenated alkanes) is 1. The van der Waals surface area contributed by atoms with Gasteiger partial charge in [0.1, 0.15) is 18.5 Å². The van der Waals surface area contributed by atoms with Crippen LogP contribution in [0.15, 0.2) is 24.3 Å². The molecule has 4 heteroatoms. The Morgan fingerprint density at radius 1 is 1.29 bits per heavy atom. The number of likely N-dealkylation sites (N-methyl/N-ethyl adjacent to an activating group) is 1. The summed E-state index contributed by atoms with van der Waals surface area (Å²) in [5.74, 6) is 0.715. The van der Waals surface area contributed by atoms with Gasteiger partial charge in [0.05, 0.1) is 0 Å². The maximum absolute atomic E-state index is 11.2. The van der Waals surface area contributed by atoms with E-state index < -0.39 is 6.10 Å². The molecule has 0 spiro atoms. The Kier molecular flexibility index (Phi) is 8.01. The highest BCUT2D eigenvalue weighted by molar-refractivity contribution is 5.94. The van der Waals surface area contributed by atoms with Crippen LogP contribution in [-0.4, -0.2) is 48.1 Å². The van der Waals surface area contributed by atoms with Crippen LogP contribution in [-0.2, 0) is 0 Å². The van der Waals surface area contributed by atoms with Crippen LogP contribution in [0.1, 0.15) is 44.0 Å². The Morgan fingerprint density at radius 3 is 2.48 bits per heavy atom. The summed E-state index contributed by atoms with van der Waals surface area (Å²) in [5, 5.41) is 10.0. The van der Waals surface area contributed by atoms with Crippen LogP contribution in [0, 0.1) is 0 Å². The average Bonchev–Trinajstić information content (AvgIpc) is 2.49. The number of carbonyl (C=O) groups is 1. The molecule has 0 heterocycles. The molecule has 0 aliphatic carbocycles. The Balaban J connectivity index is 2.37. The fourth-order valence-electron chi connectivity index (χ4n) is 2.09. The van der Waals surface area contributed by atoms with Gasteiger partial charge in [-0.1, -0.05) is 20.3 Å². The van der Waals surface area contributed by atoms with Gasteiger partial charge in [-0.05, 0) is 50.7 Å². The first kappa shape index (κ1) is 17.7. The second-order valence-corrected chi connectivity index (χ2v) is 5.29. The number of hydrogen-bond acceptors (Lipinski definition) is 4. The number of Topliss-reactive ketones (excluding diaryl/α,β-unsaturated/α-hetero) is 1. The molecule has 1 N–H and O–H groups in total. The molecule has 21 heavy (non-hydrogen) atoms. The van der Waals surface area contributed by atoms with Crippen LogP contribution in [0.5, 0.6) is 5.75 Å². The van der Waals surface area contributed by atoms with Crippen molar-refractivity contribution in [3.8, 4) is 5.75 Å². The lowest BCUT2D eigenvalue weighted by molar-refractivity contribution is 0.0694. The number of benzene rings is 1. The summed E-state index contributed by atoms with van der Waals surface area (Å²) in [4.78, 5) is 13.4. The van der Waals surface area contributed by atoms with Crippen molar-refractivity contribution in [3.63, 3.8) is 0 Å². The van der Waals surface area contributed by atoms with Crippen molar-refractivity contribution in [3.05, 3.63) is 29.8 Å². The van der Waals surface area contributed by atoms with E-state index in [0.717, 1.165) is 25.9 Å². The SMILES string of the molecule is CCCCN(CC)CC(O)COc1ccc(C(C)=O)cc1. The second kappa shape index (κ2) is 9.53. The van der Waals surface area contributed by atoms with Gasteiger partial charge in [0.2, 0.25) is 0 Å². The van der Waals surface area contributed by atoms with Crippen molar-refractivity contribution < 1.29 is 14.6 Å². The first-order valence-electron chi connectivity index (χ1n) is 7.71. The molecule has 0 bridgehead atoms. The molecule has 118 valence electrons. The van der Waals surface area contributed by atoms with Crippen LogP contribution in [0.25, 0.3) is 0 Å². The average molecular weight is 293 g/mol. The first-order valence-corrected chi connectivity index (χ1v) is 7.71. The summed E-state index contributed by atoms with van der Waals surface area (Å²) >= 11 is 0. The summed E-state index contributed by atoms with van der Waals surface area (Å²) in [6.45, 7) is 8.64. The monoisotopic (exact) mass is 293 g/mol. The van der Waals surface area contributed by atoms with E-state index in [1.165, 1.54) is 6.92 Å². The maximum Gasteiger partial charge on any atom is 0.159 e. The number of ketones is 1. The Morgan fingerprint density at radius 2 is 1.95 bits per heavy atom. The van der Waals surface area contributed by atoms with Crippen molar-refractivity contribution >= 4 is 5.78 Å². The lowest BCUT2D eigenvalue weighted by Crippen LogP contribution is -2.36. The molecule has 0 saturated heterocycles. The summed E-state index contributed by atoms with van der Waals surface area (Å²) in [6, 6.07) is 7.00. The Labute approximate surface area is 127 Å². The molecule has 0 aliphatic rings. The maximum atomic E-state index is 11.2. The number of hydrogen-bond donors (Lipinski definition) is 1. The van der Waals surface area contributed by atoms with Gasteiger partial charge < -0.3 is 14.7 Å². The predicted octanol–water partition coefficient (Wildman–Crippen LogP) is 2.75. The minimum Gasteiger partial charge on any atom is -0.491 e. The molecule has 0 aromatic heterocycles. The van der Waals surface area contributed by atoms with Crippen LogP contribution in [0.4, 0.5) is 0 Å². The molecule has 1 unspecified atom stereocenters. The molecule has 0 fully saturated rings. The van der Waals surface area contributed by atoms with Gasteiger partial charge in [-0.3, -0.25) is 4.79 Å². The van der Waals surface area contributed by atoms with Crippen LogP contribution < -0.4 is 4.74 Å². The fourth-order valence-corrected chi connectivity index (χ4v) is 2.09. The standard InChI is InChI=1S/C17H27NO3/c1-4-6-11-18(5-2)12-16(20)13-21-17-9-7-15(8-10-17)14(3)19/h7-10,16,20H,4-6,11-13H2,1-3H3. The smallest absolute Gasteiger partial charge is 0.159 e. The van der Waals surface area contributed by atoms with Gasteiger partial charge >= 0.3 is 0 Å². The molecule has 0 saturated carbocycles. The minimum atomic E-state index is -0.505. The first-order chi connectivity index (χ1) is 10.1. The second-order valence-electron chi connectivity index (χ2n) is 5.29. The highest BCUT2D eigenvalue weighted by atomic mass is 16.5. The van der Waals surface area contributed by atoms with E-state index in [1.54, 1.807) is 24.3 Å². The molecule has 1 aromatic rings. The van der Waals surface area contributed by atoms with Crippen LogP contribution in [0.3, 0.4) is 0 Å². The van der Waals surface area contributed by atoms with E-state index in [2.05, 4.69) is 18.7 Å². The number of nitrogens with zero attached hydrogens (tertiary/aromatic N) is 1. The lowest BCUT2D eigenvalue weighted by atomic mass is 10.1. The molecule has 1 atom stereocenters. The van der Waals surface area contributed by atoms with Gasteiger partial charge in [0, 0.05) is 12.1 Å². The van der Waals surface area contributed by atoms with E-state index >= 15 is 0 Å². The number of aliphatic hydroxyl groups excluding tert-OH is 1. The van der Waals surface area contributed by atoms with Crippen molar-refractivity contribution in [1.29, 1.82) is 0 Å². The molecule has 0 radical (unpaired) electrons. The normalized spacial score (nSPS) is 12.4. The predicted molar refractivity (Wildman–Crippen MR) is 85.0 cm³/mol. The van der Waals surface area contributed by atoms with E-state index in [0.29, 0.717) is 17.9 Å². The highest BCUT2D eigenvalue weighted by Gasteiger charge is 2.11. The molecule has 1 aromatic carbocycles. The lowest BCUT2D eigenvalue weighted by Gasteiger charge is -2.23. The topological polar surface area (TPSA) is 49.8 Å². The molecule has 4 nitrogen and oxygen atoms in total. The molecule has 1 rings (SSSR count). The van der Waals surface area contributed by atoms with Gasteiger partial charge in [-0.15, -0.1) is 0 Å². The van der Waals surface area contributed by atoms with Crippen molar-refractivity contribution in [1.82, 2.24) is 4.90 Å². The van der Waals surface area contributed by atoms with Crippen molar-refractivity contribution in [2.45, 2.75) is 39.7 Å². The molecular formula is C17H27NO3. The van der Waals surface area contributed by atoms with Gasteiger partial charge in [0.25, 0.3) is 0 Å². The van der Waals surface area contributed by atoms with Gasteiger partial charge in [-0.2, -0.15) is 0 Å². The molecular weight excluding hydrogens is 266 g/mol. The summed E-state index contributed by atoms with van der Waals surface area (Å²) < 4.78 is 5.56. The zero-order valence-corrected chi connectivity index (χ0v) is 13.3. The number of rotatable bonds is 10. The van der Waals surface area contributed by atoms with Crippen LogP contribution >= 0.6 is 0 Å². The number of aliphatic hydroxyl groups is 1. The van der Waals surface area contributed by atoms with Crippen molar-refractivity contribution in [2.75, 3.05) is 26.2 Å². The van der Waals surface area contributed by atoms with E-state index in [4.69, 9.17) is 4.74 Å². The van der Waals surface area contributed by atoms with Crippen molar-refractivity contribution in [2.24, 2.45) is 0 Å². The third-order valence-corrected chi connectivity index (χ3v) is 3.45. The number of carbonyl (C=O) groups excluding carboxylic acids is 1. The number of ether oxygens (including phenoxy) is 1. The zero-order valence-electron chi connectivity index (χ0n) is 13.3. The molecule has 0 aliphatic heterocycles. The highest BCUT2D eigenvalue weighted by Crippen LogP contribution is 2.13. The largest absolute Gasteiger partial charge is 0.491 e. The van der Waals surface area contributed by atoms with E-state index in [1.807, 2.05) is 0 Å². The Bertz CT molecular complexity index is 417. The van der Waals surface area contributed by atoms with E-state index in [9.17, 15) is 9.90 Å². The molecule has 0 amide bonds. The van der Waals surface area contributed by atoms with Gasteiger partial charge in [-0.25, -0.2) is 0 Å². The van der Waals surface area contributed by atoms with E-state index in [-0.39, 0.29) is 12.4 Å². The Hall–Kier alpha value is -1.39. The third-order valence-electron chi connectivity index (χ3n) is 3.45. The summed E-state index contributed by atoms with van der Waals surface area (Å²) in [5.41, 5.74) is 0.666.